The number of aromatic hydroxyl groups is 1. The predicted octanol–water partition coefficient (Wildman–Crippen LogP) is 4.36. The number of hydrogen-bond donors (Lipinski definition) is 3. The molecule has 1 aliphatic rings. The Bertz CT molecular complexity index is 1340. The molecular weight excluding hydrogens is 456 g/mol. The van der Waals surface area contributed by atoms with Gasteiger partial charge in [0.1, 0.15) is 5.75 Å². The number of rotatable bonds is 7. The molecule has 4 aromatic rings. The van der Waals surface area contributed by atoms with Crippen LogP contribution in [0.4, 0.5) is 5.69 Å². The van der Waals surface area contributed by atoms with Crippen molar-refractivity contribution >= 4 is 23.2 Å². The highest BCUT2D eigenvalue weighted by Crippen LogP contribution is 2.50. The van der Waals surface area contributed by atoms with E-state index >= 15 is 0 Å². The van der Waals surface area contributed by atoms with E-state index in [9.17, 15) is 9.90 Å². The van der Waals surface area contributed by atoms with E-state index in [0.717, 1.165) is 11.1 Å². The van der Waals surface area contributed by atoms with Gasteiger partial charge in [-0.15, -0.1) is 5.10 Å². The van der Waals surface area contributed by atoms with Crippen molar-refractivity contribution in [3.63, 3.8) is 0 Å². The molecule has 1 aliphatic carbocycles. The van der Waals surface area contributed by atoms with E-state index in [1.54, 1.807) is 30.5 Å². The number of halogens is 1. The molecule has 2 aromatic carbocycles. The molecule has 3 N–H and O–H groups in total. The first-order chi connectivity index (χ1) is 16.5. The summed E-state index contributed by atoms with van der Waals surface area (Å²) in [6.07, 6.45) is 3.05. The van der Waals surface area contributed by atoms with Gasteiger partial charge >= 0.3 is 0 Å². The van der Waals surface area contributed by atoms with Crippen LogP contribution >= 0.6 is 11.6 Å². The minimum atomic E-state index is -0.664. The third kappa shape index (κ3) is 4.06. The van der Waals surface area contributed by atoms with Crippen LogP contribution in [0.5, 0.6) is 11.6 Å². The van der Waals surface area contributed by atoms with Crippen molar-refractivity contribution < 1.29 is 14.6 Å². The van der Waals surface area contributed by atoms with Crippen LogP contribution in [0, 0.1) is 0 Å². The Morgan fingerprint density at radius 3 is 2.71 bits per heavy atom. The summed E-state index contributed by atoms with van der Waals surface area (Å²) in [7, 11) is 0. The number of tetrazole rings is 1. The molecule has 0 atom stereocenters. The number of amides is 1. The number of aromatic nitrogens is 5. The van der Waals surface area contributed by atoms with Crippen molar-refractivity contribution in [2.45, 2.75) is 25.2 Å². The van der Waals surface area contributed by atoms with Gasteiger partial charge in [-0.05, 0) is 71.7 Å². The number of H-pyrrole nitrogens is 1. The monoisotopic (exact) mass is 476 g/mol. The molecule has 0 bridgehead atoms. The highest BCUT2D eigenvalue weighted by Gasteiger charge is 2.51. The first-order valence-electron chi connectivity index (χ1n) is 10.8. The average molecular weight is 477 g/mol. The molecular formula is C24H21ClN6O3. The topological polar surface area (TPSA) is 126 Å². The van der Waals surface area contributed by atoms with E-state index in [1.165, 1.54) is 0 Å². The highest BCUT2D eigenvalue weighted by molar-refractivity contribution is 6.30. The number of nitrogens with one attached hydrogen (secondary N) is 2. The molecule has 10 heteroatoms. The lowest BCUT2D eigenvalue weighted by molar-refractivity contribution is -0.118. The number of carbonyl (C=O) groups is 1. The first kappa shape index (κ1) is 21.8. The maximum absolute atomic E-state index is 13.3. The minimum Gasteiger partial charge on any atom is -0.506 e. The van der Waals surface area contributed by atoms with Crippen molar-refractivity contribution in [1.29, 1.82) is 0 Å². The molecule has 0 saturated heterocycles. The fraction of sp³-hybridized carbons (Fsp3) is 0.208. The van der Waals surface area contributed by atoms with Gasteiger partial charge in [0.05, 0.1) is 17.7 Å². The predicted molar refractivity (Wildman–Crippen MR) is 127 cm³/mol. The maximum Gasteiger partial charge on any atom is 0.235 e. The molecule has 9 nitrogen and oxygen atoms in total. The molecule has 1 fully saturated rings. The molecule has 0 unspecified atom stereocenters. The van der Waals surface area contributed by atoms with Crippen molar-refractivity contribution in [1.82, 2.24) is 25.6 Å². The summed E-state index contributed by atoms with van der Waals surface area (Å²) in [5, 5.41) is 28.4. The van der Waals surface area contributed by atoms with Gasteiger partial charge in [0.25, 0.3) is 0 Å². The molecule has 2 aromatic heterocycles. The summed E-state index contributed by atoms with van der Waals surface area (Å²) < 4.78 is 5.41. The quantitative estimate of drug-likeness (QED) is 0.338. The highest BCUT2D eigenvalue weighted by atomic mass is 35.5. The molecule has 1 amide bonds. The molecule has 2 heterocycles. The normalized spacial score (nSPS) is 13.9. The molecule has 172 valence electrons. The molecule has 0 spiro atoms. The molecule has 5 rings (SSSR count). The van der Waals surface area contributed by atoms with Crippen LogP contribution in [-0.2, 0) is 10.2 Å². The fourth-order valence-corrected chi connectivity index (χ4v) is 4.16. The number of benzene rings is 2. The van der Waals surface area contributed by atoms with E-state index in [2.05, 4.69) is 30.9 Å². The standard InChI is InChI=1S/C24H21ClN6O3/c1-2-34-21-7-6-14(13-26-21)17-12-20(32)19(11-18(17)22-28-30-31-29-22)27-23(33)24(8-9-24)15-4-3-5-16(25)10-15/h3-7,10-13,32H,2,8-9H2,1H3,(H,27,33)(H,28,29,30,31). The van der Waals surface area contributed by atoms with Crippen LogP contribution in [-0.4, -0.2) is 43.2 Å². The van der Waals surface area contributed by atoms with E-state index in [0.29, 0.717) is 47.3 Å². The molecule has 1 saturated carbocycles. The summed E-state index contributed by atoms with van der Waals surface area (Å²) in [4.78, 5) is 17.6. The zero-order valence-corrected chi connectivity index (χ0v) is 19.0. The van der Waals surface area contributed by atoms with Gasteiger partial charge < -0.3 is 15.2 Å². The molecule has 0 radical (unpaired) electrons. The van der Waals surface area contributed by atoms with E-state index in [1.807, 2.05) is 31.2 Å². The number of ether oxygens (including phenoxy) is 1. The zero-order chi connectivity index (χ0) is 23.7. The minimum absolute atomic E-state index is 0.0876. The smallest absolute Gasteiger partial charge is 0.235 e. The SMILES string of the molecule is CCOc1ccc(-c2cc(O)c(NC(=O)C3(c4cccc(Cl)c4)CC3)cc2-c2nnn[nH]2)cn1. The molecule has 34 heavy (non-hydrogen) atoms. The van der Waals surface area contributed by atoms with Crippen LogP contribution in [0.2, 0.25) is 5.02 Å². The lowest BCUT2D eigenvalue weighted by atomic mass is 9.94. The Hall–Kier alpha value is -3.98. The number of anilines is 1. The van der Waals surface area contributed by atoms with Crippen molar-refractivity contribution in [2.75, 3.05) is 11.9 Å². The van der Waals surface area contributed by atoms with Crippen LogP contribution in [0.15, 0.2) is 54.7 Å². The van der Waals surface area contributed by atoms with Crippen LogP contribution in [0.1, 0.15) is 25.3 Å². The number of aromatic amines is 1. The second-order valence-corrected chi connectivity index (χ2v) is 8.47. The average Bonchev–Trinajstić information content (AvgIpc) is 3.48. The van der Waals surface area contributed by atoms with Gasteiger partial charge in [-0.2, -0.15) is 0 Å². The Balaban J connectivity index is 1.50. The summed E-state index contributed by atoms with van der Waals surface area (Å²) in [6, 6.07) is 14.1. The largest absolute Gasteiger partial charge is 0.506 e. The molecule has 0 aliphatic heterocycles. The van der Waals surface area contributed by atoms with Gasteiger partial charge in [0.15, 0.2) is 5.82 Å². The number of carbonyl (C=O) groups excluding carboxylic acids is 1. The van der Waals surface area contributed by atoms with E-state index < -0.39 is 5.41 Å². The van der Waals surface area contributed by atoms with Crippen molar-refractivity contribution in [3.8, 4) is 34.1 Å². The second-order valence-electron chi connectivity index (χ2n) is 8.03. The van der Waals surface area contributed by atoms with Crippen molar-refractivity contribution in [3.05, 3.63) is 65.3 Å². The lowest BCUT2D eigenvalue weighted by Gasteiger charge is -2.18. The Labute approximate surface area is 200 Å². The van der Waals surface area contributed by atoms with Gasteiger partial charge in [0, 0.05) is 28.4 Å². The Kier molecular flexibility index (Phi) is 5.62. The summed E-state index contributed by atoms with van der Waals surface area (Å²) in [5.74, 6) is 0.589. The van der Waals surface area contributed by atoms with Gasteiger partial charge in [-0.25, -0.2) is 10.1 Å². The number of pyridine rings is 1. The Morgan fingerprint density at radius 1 is 1.21 bits per heavy atom. The van der Waals surface area contributed by atoms with Crippen LogP contribution in [0.25, 0.3) is 22.5 Å². The first-order valence-corrected chi connectivity index (χ1v) is 11.2. The van der Waals surface area contributed by atoms with Crippen molar-refractivity contribution in [2.24, 2.45) is 0 Å². The number of hydrogen-bond acceptors (Lipinski definition) is 7. The number of nitrogens with zero attached hydrogens (tertiary/aromatic N) is 4. The Morgan fingerprint density at radius 2 is 2.06 bits per heavy atom. The van der Waals surface area contributed by atoms with Gasteiger partial charge in [-0.3, -0.25) is 4.79 Å². The number of phenols is 1. The van der Waals surface area contributed by atoms with Crippen LogP contribution < -0.4 is 10.1 Å². The van der Waals surface area contributed by atoms with Gasteiger partial charge in [-0.1, -0.05) is 23.7 Å². The second kappa shape index (κ2) is 8.75. The van der Waals surface area contributed by atoms with Crippen LogP contribution in [0.3, 0.4) is 0 Å². The maximum atomic E-state index is 13.3. The lowest BCUT2D eigenvalue weighted by Crippen LogP contribution is -2.27. The van der Waals surface area contributed by atoms with E-state index in [4.69, 9.17) is 16.3 Å². The summed E-state index contributed by atoms with van der Waals surface area (Å²) in [6.45, 7) is 2.39. The summed E-state index contributed by atoms with van der Waals surface area (Å²) >= 11 is 6.14. The number of phenolic OH excluding ortho intramolecular Hbond substituents is 1. The third-order valence-corrected chi connectivity index (χ3v) is 6.12. The summed E-state index contributed by atoms with van der Waals surface area (Å²) in [5.41, 5.74) is 2.40. The zero-order valence-electron chi connectivity index (χ0n) is 18.2. The van der Waals surface area contributed by atoms with E-state index in [-0.39, 0.29) is 17.3 Å². The fourth-order valence-electron chi connectivity index (χ4n) is 3.97. The third-order valence-electron chi connectivity index (χ3n) is 5.89. The van der Waals surface area contributed by atoms with Gasteiger partial charge in [0.2, 0.25) is 11.8 Å².